The molecule has 17 heavy (non-hydrogen) atoms. The normalized spacial score (nSPS) is 14.4. The van der Waals surface area contributed by atoms with E-state index in [1.807, 2.05) is 39.6 Å². The van der Waals surface area contributed by atoms with Crippen LogP contribution in [-0.4, -0.2) is 29.2 Å². The summed E-state index contributed by atoms with van der Waals surface area (Å²) in [4.78, 5) is 15.7. The van der Waals surface area contributed by atoms with Gasteiger partial charge in [0.2, 0.25) is 0 Å². The fourth-order valence-electron chi connectivity index (χ4n) is 1.24. The van der Waals surface area contributed by atoms with Crippen LogP contribution in [0.4, 0.5) is 4.79 Å². The summed E-state index contributed by atoms with van der Waals surface area (Å²) in [6.07, 6.45) is 0.662. The first-order valence-electron chi connectivity index (χ1n) is 5.96. The van der Waals surface area contributed by atoms with Gasteiger partial charge in [0, 0.05) is 12.6 Å². The molecule has 1 unspecified atom stereocenters. The molecule has 3 nitrogen and oxygen atoms in total. The number of carbonyl (C=O) groups excluding carboxylic acids is 1. The van der Waals surface area contributed by atoms with Crippen molar-refractivity contribution in [3.8, 4) is 0 Å². The molecule has 0 aliphatic carbocycles. The first-order valence-corrected chi connectivity index (χ1v) is 6.88. The van der Waals surface area contributed by atoms with E-state index in [-0.39, 0.29) is 12.1 Å². The van der Waals surface area contributed by atoms with Gasteiger partial charge in [-0.1, -0.05) is 22.9 Å². The summed E-state index contributed by atoms with van der Waals surface area (Å²) >= 11 is 3.28. The van der Waals surface area contributed by atoms with Crippen molar-refractivity contribution in [3.63, 3.8) is 0 Å². The highest BCUT2D eigenvalue weighted by Gasteiger charge is 2.25. The van der Waals surface area contributed by atoms with Crippen molar-refractivity contribution in [2.75, 3.05) is 6.54 Å². The number of halogens is 1. The summed E-state index contributed by atoms with van der Waals surface area (Å²) in [5, 5.41) is 0. The minimum atomic E-state index is -0.450. The van der Waals surface area contributed by atoms with Gasteiger partial charge in [-0.15, -0.1) is 0 Å². The summed E-state index contributed by atoms with van der Waals surface area (Å²) in [7, 11) is 0. The van der Waals surface area contributed by atoms with Crippen LogP contribution in [0.15, 0.2) is 10.6 Å². The summed E-state index contributed by atoms with van der Waals surface area (Å²) in [6, 6.07) is 0.173. The third-order valence-corrected chi connectivity index (χ3v) is 3.14. The SMILES string of the molecule is CCC(C)N(C/C(C)=C/Br)C(=O)OC(C)(C)C. The molecule has 0 radical (unpaired) electrons. The van der Waals surface area contributed by atoms with E-state index in [9.17, 15) is 4.79 Å². The molecule has 100 valence electrons. The second kappa shape index (κ2) is 7.04. The number of carbonyl (C=O) groups is 1. The summed E-state index contributed by atoms with van der Waals surface area (Å²) in [5.74, 6) is 0. The molecule has 0 aromatic carbocycles. The monoisotopic (exact) mass is 305 g/mol. The van der Waals surface area contributed by atoms with Crippen molar-refractivity contribution in [2.45, 2.75) is 59.6 Å². The van der Waals surface area contributed by atoms with E-state index in [0.717, 1.165) is 12.0 Å². The Labute approximate surface area is 113 Å². The Morgan fingerprint density at radius 2 is 2.00 bits per heavy atom. The number of ether oxygens (including phenoxy) is 1. The number of hydrogen-bond acceptors (Lipinski definition) is 2. The Morgan fingerprint density at radius 3 is 2.35 bits per heavy atom. The third kappa shape index (κ3) is 6.71. The molecule has 0 bridgehead atoms. The standard InChI is InChI=1S/C13H24BrNO2/c1-7-11(3)15(9-10(2)8-14)12(16)17-13(4,5)6/h8,11H,7,9H2,1-6H3/b10-8+. The van der Waals surface area contributed by atoms with Crippen molar-refractivity contribution in [1.82, 2.24) is 4.90 Å². The predicted octanol–water partition coefficient (Wildman–Crippen LogP) is 4.32. The lowest BCUT2D eigenvalue weighted by atomic mass is 10.2. The first-order chi connectivity index (χ1) is 7.71. The molecule has 0 aliphatic rings. The average Bonchev–Trinajstić information content (AvgIpc) is 2.21. The number of nitrogens with zero attached hydrogens (tertiary/aromatic N) is 1. The van der Waals surface area contributed by atoms with Crippen molar-refractivity contribution in [1.29, 1.82) is 0 Å². The second-order valence-corrected chi connectivity index (χ2v) is 5.78. The Kier molecular flexibility index (Phi) is 6.83. The first kappa shape index (κ1) is 16.5. The average molecular weight is 306 g/mol. The van der Waals surface area contributed by atoms with E-state index in [2.05, 4.69) is 22.9 Å². The zero-order valence-corrected chi connectivity index (χ0v) is 13.3. The van der Waals surface area contributed by atoms with Crippen LogP contribution in [0.5, 0.6) is 0 Å². The van der Waals surface area contributed by atoms with E-state index in [1.54, 1.807) is 4.90 Å². The van der Waals surface area contributed by atoms with Crippen molar-refractivity contribution >= 4 is 22.0 Å². The number of rotatable bonds is 4. The van der Waals surface area contributed by atoms with Crippen LogP contribution in [-0.2, 0) is 4.74 Å². The number of amides is 1. The molecule has 0 saturated carbocycles. The molecule has 0 aromatic rings. The van der Waals surface area contributed by atoms with Crippen molar-refractivity contribution in [3.05, 3.63) is 10.6 Å². The molecule has 0 aliphatic heterocycles. The molecule has 0 rings (SSSR count). The van der Waals surface area contributed by atoms with Gasteiger partial charge in [-0.25, -0.2) is 4.79 Å². The maximum Gasteiger partial charge on any atom is 0.410 e. The van der Waals surface area contributed by atoms with E-state index in [0.29, 0.717) is 6.54 Å². The maximum atomic E-state index is 12.1. The lowest BCUT2D eigenvalue weighted by Crippen LogP contribution is -2.42. The molecular weight excluding hydrogens is 282 g/mol. The molecule has 0 heterocycles. The van der Waals surface area contributed by atoms with Crippen LogP contribution in [0, 0.1) is 0 Å². The lowest BCUT2D eigenvalue weighted by Gasteiger charge is -2.31. The van der Waals surface area contributed by atoms with Crippen LogP contribution in [0.2, 0.25) is 0 Å². The lowest BCUT2D eigenvalue weighted by molar-refractivity contribution is 0.0194. The Hall–Kier alpha value is -0.510. The summed E-state index contributed by atoms with van der Waals surface area (Å²) < 4.78 is 5.41. The van der Waals surface area contributed by atoms with Gasteiger partial charge in [0.25, 0.3) is 0 Å². The van der Waals surface area contributed by atoms with E-state index >= 15 is 0 Å². The highest BCUT2D eigenvalue weighted by Crippen LogP contribution is 2.15. The maximum absolute atomic E-state index is 12.1. The predicted molar refractivity (Wildman–Crippen MR) is 75.4 cm³/mol. The van der Waals surface area contributed by atoms with Gasteiger partial charge >= 0.3 is 6.09 Å². The van der Waals surface area contributed by atoms with Gasteiger partial charge in [-0.05, 0) is 51.6 Å². The molecule has 0 saturated heterocycles. The molecule has 0 N–H and O–H groups in total. The van der Waals surface area contributed by atoms with E-state index < -0.39 is 5.60 Å². The second-order valence-electron chi connectivity index (χ2n) is 5.32. The zero-order valence-electron chi connectivity index (χ0n) is 11.7. The quantitative estimate of drug-likeness (QED) is 0.774. The molecule has 1 atom stereocenters. The highest BCUT2D eigenvalue weighted by molar-refractivity contribution is 9.11. The van der Waals surface area contributed by atoms with Crippen LogP contribution >= 0.6 is 15.9 Å². The molecule has 0 aromatic heterocycles. The fraction of sp³-hybridized carbons (Fsp3) is 0.769. The van der Waals surface area contributed by atoms with Crippen LogP contribution in [0.1, 0.15) is 48.0 Å². The topological polar surface area (TPSA) is 29.5 Å². The molecule has 0 spiro atoms. The molecule has 4 heteroatoms. The van der Waals surface area contributed by atoms with Crippen molar-refractivity contribution < 1.29 is 9.53 Å². The highest BCUT2D eigenvalue weighted by atomic mass is 79.9. The largest absolute Gasteiger partial charge is 0.444 e. The van der Waals surface area contributed by atoms with Gasteiger partial charge in [0.05, 0.1) is 0 Å². The molecular formula is C13H24BrNO2. The Bertz CT molecular complexity index is 282. The Morgan fingerprint density at radius 1 is 1.47 bits per heavy atom. The van der Waals surface area contributed by atoms with Crippen LogP contribution < -0.4 is 0 Å². The minimum absolute atomic E-state index is 0.173. The molecule has 0 fully saturated rings. The van der Waals surface area contributed by atoms with E-state index in [1.165, 1.54) is 0 Å². The van der Waals surface area contributed by atoms with Gasteiger partial charge in [-0.2, -0.15) is 0 Å². The summed E-state index contributed by atoms with van der Waals surface area (Å²) in [5.41, 5.74) is 0.644. The van der Waals surface area contributed by atoms with Gasteiger partial charge in [-0.3, -0.25) is 0 Å². The summed E-state index contributed by atoms with van der Waals surface area (Å²) in [6.45, 7) is 12.3. The smallest absolute Gasteiger partial charge is 0.410 e. The third-order valence-electron chi connectivity index (χ3n) is 2.36. The number of hydrogen-bond donors (Lipinski definition) is 0. The molecule has 1 amide bonds. The fourth-order valence-corrected chi connectivity index (χ4v) is 1.39. The van der Waals surface area contributed by atoms with Crippen molar-refractivity contribution in [2.24, 2.45) is 0 Å². The Balaban J connectivity index is 4.74. The minimum Gasteiger partial charge on any atom is -0.444 e. The van der Waals surface area contributed by atoms with Gasteiger partial charge in [0.15, 0.2) is 0 Å². The van der Waals surface area contributed by atoms with Gasteiger partial charge < -0.3 is 9.64 Å². The van der Waals surface area contributed by atoms with Gasteiger partial charge in [0.1, 0.15) is 5.60 Å². The van der Waals surface area contributed by atoms with Crippen LogP contribution in [0.3, 0.4) is 0 Å². The zero-order chi connectivity index (χ0) is 13.6. The van der Waals surface area contributed by atoms with Crippen LogP contribution in [0.25, 0.3) is 0 Å². The van der Waals surface area contributed by atoms with E-state index in [4.69, 9.17) is 4.74 Å².